The van der Waals surface area contributed by atoms with Crippen molar-refractivity contribution >= 4 is 17.9 Å². The molecule has 0 spiro atoms. The summed E-state index contributed by atoms with van der Waals surface area (Å²) < 4.78 is 4.57. The summed E-state index contributed by atoms with van der Waals surface area (Å²) in [6.07, 6.45) is 7.11. The molecule has 4 nitrogen and oxygen atoms in total. The third-order valence-electron chi connectivity index (χ3n) is 5.07. The molecule has 0 saturated carbocycles. The molecule has 1 aromatic rings. The number of Topliss-reactive ketones (excluding diaryl/α,β-unsaturated/α-hetero) is 1. The van der Waals surface area contributed by atoms with Crippen LogP contribution in [0.1, 0.15) is 120 Å². The van der Waals surface area contributed by atoms with Crippen molar-refractivity contribution in [2.75, 3.05) is 13.7 Å². The van der Waals surface area contributed by atoms with Gasteiger partial charge in [-0.15, -0.1) is 0 Å². The van der Waals surface area contributed by atoms with Gasteiger partial charge < -0.3 is 14.9 Å². The highest BCUT2D eigenvalue weighted by atomic mass is 16.6. The maximum atomic E-state index is 11.5. The van der Waals surface area contributed by atoms with Crippen LogP contribution in [0.2, 0.25) is 0 Å². The van der Waals surface area contributed by atoms with Crippen molar-refractivity contribution in [2.24, 2.45) is 11.8 Å². The van der Waals surface area contributed by atoms with Gasteiger partial charge in [0.25, 0.3) is 0 Å². The standard InChI is InChI=1S/C13H16O.C10H18O.C5H12O2.3C2H6/c1-4-10-7-8-12(13(14)6-3)9-11(10)5-2;1-8(2)10(4)6-5-9(3)7-11;1-4(2)5(6)7-3;3*1-2/h4-5,7-9H,6H2,1-3H3;5,10-11H,1,6-7H2,2-4H3;4-6H,1-3H3;3*1-2H3/b10-4-,11-5-;9-5+;;;;. The van der Waals surface area contributed by atoms with Crippen molar-refractivity contribution in [1.29, 1.82) is 0 Å². The summed E-state index contributed by atoms with van der Waals surface area (Å²) in [5, 5.41) is 19.7. The molecule has 4 heteroatoms. The average molecular weight is 537 g/mol. The molecule has 0 saturated heterocycles. The van der Waals surface area contributed by atoms with E-state index in [0.717, 1.165) is 22.8 Å². The zero-order valence-corrected chi connectivity index (χ0v) is 27.7. The Bertz CT molecular complexity index is 819. The maximum Gasteiger partial charge on any atom is 0.162 e. The molecule has 38 heavy (non-hydrogen) atoms. The van der Waals surface area contributed by atoms with Crippen LogP contribution in [0.5, 0.6) is 0 Å². The molecule has 2 unspecified atom stereocenters. The first-order chi connectivity index (χ1) is 18.0. The minimum Gasteiger partial charge on any atom is -0.392 e. The molecule has 0 bridgehead atoms. The number of rotatable bonds is 8. The number of ether oxygens (including phenoxy) is 1. The van der Waals surface area contributed by atoms with Crippen molar-refractivity contribution in [3.05, 3.63) is 58.0 Å². The summed E-state index contributed by atoms with van der Waals surface area (Å²) >= 11 is 0. The Morgan fingerprint density at radius 1 is 0.974 bits per heavy atom. The Labute approximate surface area is 237 Å². The number of methoxy groups -OCH3 is 1. The molecule has 0 fully saturated rings. The number of ketones is 1. The summed E-state index contributed by atoms with van der Waals surface area (Å²) in [7, 11) is 1.49. The van der Waals surface area contributed by atoms with Crippen molar-refractivity contribution in [2.45, 2.75) is 116 Å². The van der Waals surface area contributed by atoms with E-state index in [0.29, 0.717) is 12.3 Å². The first-order valence-corrected chi connectivity index (χ1v) is 14.4. The lowest BCUT2D eigenvalue weighted by Gasteiger charge is -2.10. The van der Waals surface area contributed by atoms with Gasteiger partial charge in [0, 0.05) is 25.0 Å². The molecule has 0 aliphatic carbocycles. The van der Waals surface area contributed by atoms with Crippen LogP contribution in [0.15, 0.2) is 42.0 Å². The number of carbonyl (C=O) groups is 1. The molecule has 224 valence electrons. The Kier molecular flexibility index (Phi) is 39.9. The summed E-state index contributed by atoms with van der Waals surface area (Å²) in [5.41, 5.74) is 3.05. The summed E-state index contributed by atoms with van der Waals surface area (Å²) in [6, 6.07) is 5.85. The van der Waals surface area contributed by atoms with Gasteiger partial charge in [-0.2, -0.15) is 0 Å². The molecule has 1 rings (SSSR count). The Morgan fingerprint density at radius 3 is 1.74 bits per heavy atom. The monoisotopic (exact) mass is 536 g/mol. The number of carbonyl (C=O) groups excluding carboxylic acids is 1. The van der Waals surface area contributed by atoms with Crippen LogP contribution in [0, 0.1) is 11.8 Å². The van der Waals surface area contributed by atoms with Gasteiger partial charge in [0.15, 0.2) is 12.1 Å². The Hall–Kier alpha value is -2.01. The number of hydrogen-bond donors (Lipinski definition) is 2. The van der Waals surface area contributed by atoms with Gasteiger partial charge in [0.2, 0.25) is 0 Å². The van der Waals surface area contributed by atoms with Crippen LogP contribution in [0.25, 0.3) is 12.2 Å². The molecule has 2 atom stereocenters. The van der Waals surface area contributed by atoms with Gasteiger partial charge >= 0.3 is 0 Å². The molecule has 1 aromatic carbocycles. The normalized spacial score (nSPS) is 12.4. The number of aliphatic hydroxyl groups excluding tert-OH is 2. The number of allylic oxidation sites excluding steroid dienone is 2. The number of benzene rings is 1. The van der Waals surface area contributed by atoms with Crippen LogP contribution in [-0.2, 0) is 4.74 Å². The van der Waals surface area contributed by atoms with E-state index in [4.69, 9.17) is 10.2 Å². The van der Waals surface area contributed by atoms with E-state index in [9.17, 15) is 4.79 Å². The molecule has 0 heterocycles. The van der Waals surface area contributed by atoms with Crippen molar-refractivity contribution in [3.8, 4) is 0 Å². The third-order valence-corrected chi connectivity index (χ3v) is 5.07. The van der Waals surface area contributed by atoms with E-state index in [2.05, 4.69) is 30.4 Å². The second-order valence-corrected chi connectivity index (χ2v) is 8.26. The van der Waals surface area contributed by atoms with E-state index in [1.807, 2.05) is 114 Å². The van der Waals surface area contributed by atoms with Crippen LogP contribution < -0.4 is 10.4 Å². The van der Waals surface area contributed by atoms with Crippen LogP contribution in [0.3, 0.4) is 0 Å². The van der Waals surface area contributed by atoms with Crippen LogP contribution in [-0.4, -0.2) is 36.0 Å². The molecular formula is C34H64O4. The summed E-state index contributed by atoms with van der Waals surface area (Å²) in [5.74, 6) is 0.928. The minimum absolute atomic E-state index is 0.170. The first kappa shape index (κ1) is 45.9. The van der Waals surface area contributed by atoms with E-state index in [-0.39, 0.29) is 18.3 Å². The molecule has 0 amide bonds. The third kappa shape index (κ3) is 25.6. The Morgan fingerprint density at radius 2 is 1.45 bits per heavy atom. The van der Waals surface area contributed by atoms with E-state index in [1.165, 1.54) is 17.9 Å². The summed E-state index contributed by atoms with van der Waals surface area (Å²) in [4.78, 5) is 11.5. The molecule has 0 aliphatic heterocycles. The Balaban J connectivity index is -0.000000135. The molecule has 0 aliphatic rings. The molecule has 0 aromatic heterocycles. The lowest BCUT2D eigenvalue weighted by molar-refractivity contribution is -0.103. The van der Waals surface area contributed by atoms with Gasteiger partial charge in [0.05, 0.1) is 6.61 Å². The van der Waals surface area contributed by atoms with Gasteiger partial charge in [-0.05, 0) is 56.5 Å². The second kappa shape index (κ2) is 33.0. The largest absolute Gasteiger partial charge is 0.392 e. The lowest BCUT2D eigenvalue weighted by atomic mass is 9.99. The van der Waals surface area contributed by atoms with Crippen molar-refractivity contribution in [3.63, 3.8) is 0 Å². The maximum absolute atomic E-state index is 11.5. The molecule has 0 radical (unpaired) electrons. The van der Waals surface area contributed by atoms with Crippen molar-refractivity contribution in [1.82, 2.24) is 0 Å². The van der Waals surface area contributed by atoms with E-state index < -0.39 is 6.29 Å². The van der Waals surface area contributed by atoms with Gasteiger partial charge in [0.1, 0.15) is 0 Å². The van der Waals surface area contributed by atoms with Gasteiger partial charge in [-0.3, -0.25) is 4.79 Å². The second-order valence-electron chi connectivity index (χ2n) is 8.26. The highest BCUT2D eigenvalue weighted by molar-refractivity contribution is 5.95. The van der Waals surface area contributed by atoms with E-state index >= 15 is 0 Å². The van der Waals surface area contributed by atoms with Crippen LogP contribution >= 0.6 is 0 Å². The SMILES string of the molecule is C/C=c1/ccc(C(=O)CC)c/c1=C/C.C=C(C)C(C)C/C=C(\C)CO.CC.CC.CC.COC(O)C(C)C. The topological polar surface area (TPSA) is 66.8 Å². The zero-order valence-electron chi connectivity index (χ0n) is 27.7. The number of aliphatic hydroxyl groups is 2. The highest BCUT2D eigenvalue weighted by Crippen LogP contribution is 2.13. The molecule has 2 N–H and O–H groups in total. The van der Waals surface area contributed by atoms with Gasteiger partial charge in [-0.1, -0.05) is 117 Å². The zero-order chi connectivity index (χ0) is 31.3. The van der Waals surface area contributed by atoms with Gasteiger partial charge in [-0.25, -0.2) is 0 Å². The predicted molar refractivity (Wildman–Crippen MR) is 172 cm³/mol. The lowest BCUT2D eigenvalue weighted by Crippen LogP contribution is -2.24. The fraction of sp³-hybridized carbons (Fsp3) is 0.618. The van der Waals surface area contributed by atoms with Crippen molar-refractivity contribution < 1.29 is 19.7 Å². The number of hydrogen-bond acceptors (Lipinski definition) is 4. The predicted octanol–water partition coefficient (Wildman–Crippen LogP) is 8.09. The minimum atomic E-state index is -0.597. The summed E-state index contributed by atoms with van der Waals surface area (Å²) in [6.45, 7) is 31.8. The first-order valence-electron chi connectivity index (χ1n) is 14.4. The smallest absolute Gasteiger partial charge is 0.162 e. The fourth-order valence-electron chi connectivity index (χ4n) is 2.38. The fourth-order valence-corrected chi connectivity index (χ4v) is 2.38. The average Bonchev–Trinajstić information content (AvgIpc) is 2.97. The quantitative estimate of drug-likeness (QED) is 0.200. The van der Waals surface area contributed by atoms with E-state index in [1.54, 1.807) is 0 Å². The molecular weight excluding hydrogens is 472 g/mol. The highest BCUT2D eigenvalue weighted by Gasteiger charge is 2.04. The van der Waals surface area contributed by atoms with Crippen LogP contribution in [0.4, 0.5) is 0 Å².